The topological polar surface area (TPSA) is 63.8 Å². The van der Waals surface area contributed by atoms with E-state index in [1.165, 1.54) is 23.3 Å². The van der Waals surface area contributed by atoms with Gasteiger partial charge in [0.25, 0.3) is 5.89 Å². The van der Waals surface area contributed by atoms with E-state index in [0.717, 1.165) is 11.1 Å². The van der Waals surface area contributed by atoms with E-state index in [1.807, 2.05) is 30.3 Å². The summed E-state index contributed by atoms with van der Waals surface area (Å²) in [7, 11) is 1.78. The molecule has 150 valence electrons. The standard InChI is InChI=1S/C24H21FN4O/c1-15-9-10-17(12-16(15)2)13-21(18-6-4-7-19(25)14-18)24-28-23(29-30-24)20-8-5-11-27-22(20)26-3/h4-14H,1-3H3,(H,26,27). The third-order valence-corrected chi connectivity index (χ3v) is 4.92. The van der Waals surface area contributed by atoms with Crippen molar-refractivity contribution in [2.45, 2.75) is 13.8 Å². The fourth-order valence-electron chi connectivity index (χ4n) is 3.17. The number of pyridine rings is 1. The molecular formula is C24H21FN4O. The molecule has 0 bridgehead atoms. The zero-order valence-electron chi connectivity index (χ0n) is 17.0. The summed E-state index contributed by atoms with van der Waals surface area (Å²) in [6.07, 6.45) is 3.62. The van der Waals surface area contributed by atoms with Crippen molar-refractivity contribution >= 4 is 17.5 Å². The van der Waals surface area contributed by atoms with Crippen LogP contribution in [0, 0.1) is 19.7 Å². The molecule has 6 heteroatoms. The number of hydrogen-bond donors (Lipinski definition) is 1. The Labute approximate surface area is 174 Å². The lowest BCUT2D eigenvalue weighted by Crippen LogP contribution is -1.96. The highest BCUT2D eigenvalue weighted by molar-refractivity contribution is 5.89. The molecule has 0 saturated heterocycles. The minimum atomic E-state index is -0.331. The monoisotopic (exact) mass is 400 g/mol. The van der Waals surface area contributed by atoms with Gasteiger partial charge in [-0.2, -0.15) is 4.98 Å². The first-order valence-corrected chi connectivity index (χ1v) is 9.57. The largest absolute Gasteiger partial charge is 0.373 e. The van der Waals surface area contributed by atoms with Crippen LogP contribution in [0.4, 0.5) is 10.2 Å². The van der Waals surface area contributed by atoms with Crippen molar-refractivity contribution in [3.8, 4) is 11.4 Å². The van der Waals surface area contributed by atoms with Gasteiger partial charge in [-0.25, -0.2) is 9.37 Å². The second-order valence-electron chi connectivity index (χ2n) is 6.98. The molecular weight excluding hydrogens is 379 g/mol. The molecule has 2 aromatic carbocycles. The number of anilines is 1. The molecule has 0 aliphatic rings. The molecule has 30 heavy (non-hydrogen) atoms. The van der Waals surface area contributed by atoms with E-state index in [2.05, 4.69) is 46.4 Å². The Morgan fingerprint density at radius 3 is 2.67 bits per heavy atom. The lowest BCUT2D eigenvalue weighted by Gasteiger charge is -2.06. The quantitative estimate of drug-likeness (QED) is 0.447. The van der Waals surface area contributed by atoms with Crippen molar-refractivity contribution in [3.05, 3.63) is 94.8 Å². The van der Waals surface area contributed by atoms with E-state index in [9.17, 15) is 4.39 Å². The average molecular weight is 400 g/mol. The van der Waals surface area contributed by atoms with Crippen LogP contribution >= 0.6 is 0 Å². The zero-order chi connectivity index (χ0) is 21.1. The molecule has 0 unspecified atom stereocenters. The third kappa shape index (κ3) is 3.98. The minimum Gasteiger partial charge on any atom is -0.373 e. The van der Waals surface area contributed by atoms with Crippen molar-refractivity contribution < 1.29 is 8.91 Å². The molecule has 0 radical (unpaired) electrons. The Bertz CT molecular complexity index is 1230. The molecule has 2 aromatic heterocycles. The molecule has 0 fully saturated rings. The predicted octanol–water partition coefficient (Wildman–Crippen LogP) is 5.52. The summed E-state index contributed by atoms with van der Waals surface area (Å²) < 4.78 is 19.6. The normalized spacial score (nSPS) is 11.5. The number of nitrogens with one attached hydrogen (secondary N) is 1. The van der Waals surface area contributed by atoms with Gasteiger partial charge in [-0.05, 0) is 66.4 Å². The Morgan fingerprint density at radius 1 is 1.03 bits per heavy atom. The number of hydrogen-bond acceptors (Lipinski definition) is 5. The Morgan fingerprint density at radius 2 is 1.90 bits per heavy atom. The van der Waals surface area contributed by atoms with Gasteiger partial charge in [0.15, 0.2) is 0 Å². The lowest BCUT2D eigenvalue weighted by atomic mass is 10.00. The van der Waals surface area contributed by atoms with Crippen LogP contribution in [0.5, 0.6) is 0 Å². The van der Waals surface area contributed by atoms with E-state index < -0.39 is 0 Å². The SMILES string of the molecule is CNc1ncccc1-c1noc(C(=Cc2ccc(C)c(C)c2)c2cccc(F)c2)n1. The summed E-state index contributed by atoms with van der Waals surface area (Å²) in [5, 5.41) is 7.16. The van der Waals surface area contributed by atoms with Crippen molar-refractivity contribution in [3.63, 3.8) is 0 Å². The van der Waals surface area contributed by atoms with E-state index in [4.69, 9.17) is 4.52 Å². The fourth-order valence-corrected chi connectivity index (χ4v) is 3.17. The van der Waals surface area contributed by atoms with E-state index in [0.29, 0.717) is 28.7 Å². The smallest absolute Gasteiger partial charge is 0.258 e. The van der Waals surface area contributed by atoms with Crippen molar-refractivity contribution in [1.29, 1.82) is 0 Å². The Kier molecular flexibility index (Phi) is 5.39. The van der Waals surface area contributed by atoms with Crippen LogP contribution < -0.4 is 5.32 Å². The molecule has 4 aromatic rings. The van der Waals surface area contributed by atoms with Gasteiger partial charge in [0.2, 0.25) is 5.82 Å². The van der Waals surface area contributed by atoms with Crippen LogP contribution in [0.2, 0.25) is 0 Å². The molecule has 4 rings (SSSR count). The van der Waals surface area contributed by atoms with Gasteiger partial charge in [-0.15, -0.1) is 0 Å². The third-order valence-electron chi connectivity index (χ3n) is 4.92. The first kappa shape index (κ1) is 19.5. The molecule has 5 nitrogen and oxygen atoms in total. The maximum absolute atomic E-state index is 14.0. The van der Waals surface area contributed by atoms with Crippen LogP contribution in [-0.4, -0.2) is 22.2 Å². The number of rotatable bonds is 5. The first-order chi connectivity index (χ1) is 14.5. The van der Waals surface area contributed by atoms with Gasteiger partial charge in [0, 0.05) is 18.8 Å². The summed E-state index contributed by atoms with van der Waals surface area (Å²) in [4.78, 5) is 8.87. The summed E-state index contributed by atoms with van der Waals surface area (Å²) in [5.41, 5.74) is 5.36. The van der Waals surface area contributed by atoms with Crippen molar-refractivity contribution in [2.24, 2.45) is 0 Å². The highest BCUT2D eigenvalue weighted by Gasteiger charge is 2.17. The first-order valence-electron chi connectivity index (χ1n) is 9.57. The summed E-state index contributed by atoms with van der Waals surface area (Å²) >= 11 is 0. The van der Waals surface area contributed by atoms with Crippen LogP contribution in [0.3, 0.4) is 0 Å². The number of nitrogens with zero attached hydrogens (tertiary/aromatic N) is 3. The predicted molar refractivity (Wildman–Crippen MR) is 116 cm³/mol. The number of benzene rings is 2. The number of halogens is 1. The fraction of sp³-hybridized carbons (Fsp3) is 0.125. The number of aromatic nitrogens is 3. The van der Waals surface area contributed by atoms with Gasteiger partial charge < -0.3 is 9.84 Å². The highest BCUT2D eigenvalue weighted by Crippen LogP contribution is 2.29. The maximum atomic E-state index is 14.0. The van der Waals surface area contributed by atoms with Crippen molar-refractivity contribution in [1.82, 2.24) is 15.1 Å². The lowest BCUT2D eigenvalue weighted by molar-refractivity contribution is 0.409. The summed E-state index contributed by atoms with van der Waals surface area (Å²) in [5.74, 6) is 1.03. The maximum Gasteiger partial charge on any atom is 0.258 e. The molecule has 0 spiro atoms. The minimum absolute atomic E-state index is 0.305. The Balaban J connectivity index is 1.84. The molecule has 0 atom stereocenters. The summed E-state index contributed by atoms with van der Waals surface area (Å²) in [6.45, 7) is 4.12. The molecule has 0 saturated carbocycles. The van der Waals surface area contributed by atoms with E-state index in [-0.39, 0.29) is 5.82 Å². The van der Waals surface area contributed by atoms with E-state index in [1.54, 1.807) is 19.3 Å². The van der Waals surface area contributed by atoms with Crippen LogP contribution in [-0.2, 0) is 0 Å². The van der Waals surface area contributed by atoms with Crippen LogP contribution in [0.1, 0.15) is 28.1 Å². The second-order valence-corrected chi connectivity index (χ2v) is 6.98. The van der Waals surface area contributed by atoms with Gasteiger partial charge in [0.05, 0.1) is 5.56 Å². The summed E-state index contributed by atoms with van der Waals surface area (Å²) in [6, 6.07) is 16.2. The van der Waals surface area contributed by atoms with E-state index >= 15 is 0 Å². The molecule has 0 amide bonds. The van der Waals surface area contributed by atoms with Crippen LogP contribution in [0.25, 0.3) is 23.0 Å². The van der Waals surface area contributed by atoms with Crippen LogP contribution in [0.15, 0.2) is 65.3 Å². The average Bonchev–Trinajstić information content (AvgIpc) is 3.24. The number of aryl methyl sites for hydroxylation is 2. The molecule has 2 heterocycles. The molecule has 1 N–H and O–H groups in total. The van der Waals surface area contributed by atoms with Crippen molar-refractivity contribution in [2.75, 3.05) is 12.4 Å². The van der Waals surface area contributed by atoms with Gasteiger partial charge >= 0.3 is 0 Å². The second kappa shape index (κ2) is 8.29. The molecule has 0 aliphatic heterocycles. The zero-order valence-corrected chi connectivity index (χ0v) is 17.0. The highest BCUT2D eigenvalue weighted by atomic mass is 19.1. The Hall–Kier alpha value is -3.80. The van der Waals surface area contributed by atoms with Gasteiger partial charge in [0.1, 0.15) is 11.6 Å². The van der Waals surface area contributed by atoms with Gasteiger partial charge in [-0.3, -0.25) is 0 Å². The molecule has 0 aliphatic carbocycles. The van der Waals surface area contributed by atoms with Gasteiger partial charge in [-0.1, -0.05) is 35.5 Å².